The van der Waals surface area contributed by atoms with Gasteiger partial charge in [0.05, 0.1) is 14.2 Å². The molecule has 0 aliphatic carbocycles. The highest BCUT2D eigenvalue weighted by Gasteiger charge is 2.33. The molecule has 1 amide bonds. The number of alkyl halides is 3. The zero-order valence-corrected chi connectivity index (χ0v) is 19.7. The molecule has 1 N–H and O–H groups in total. The van der Waals surface area contributed by atoms with Crippen molar-refractivity contribution in [2.24, 2.45) is 11.8 Å². The van der Waals surface area contributed by atoms with Crippen LogP contribution in [0.2, 0.25) is 0 Å². The first-order valence-corrected chi connectivity index (χ1v) is 11.1. The van der Waals surface area contributed by atoms with Crippen molar-refractivity contribution >= 4 is 5.91 Å². The predicted molar refractivity (Wildman–Crippen MR) is 120 cm³/mol. The molecular formula is C25H30F3NO5. The Balaban J connectivity index is 2.00. The Labute approximate surface area is 197 Å². The molecule has 3 rings (SSSR count). The van der Waals surface area contributed by atoms with E-state index < -0.39 is 12.3 Å². The Morgan fingerprint density at radius 3 is 2.21 bits per heavy atom. The van der Waals surface area contributed by atoms with E-state index in [1.807, 2.05) is 4.90 Å². The molecule has 0 aromatic heterocycles. The van der Waals surface area contributed by atoms with Crippen molar-refractivity contribution in [2.45, 2.75) is 39.0 Å². The van der Waals surface area contributed by atoms with Crippen LogP contribution in [0.3, 0.4) is 0 Å². The highest BCUT2D eigenvalue weighted by Crippen LogP contribution is 2.43. The number of methoxy groups -OCH3 is 2. The maximum atomic E-state index is 13.3. The van der Waals surface area contributed by atoms with E-state index in [0.29, 0.717) is 47.6 Å². The third-order valence-electron chi connectivity index (χ3n) is 6.01. The van der Waals surface area contributed by atoms with Crippen LogP contribution in [0.4, 0.5) is 13.2 Å². The van der Waals surface area contributed by atoms with Gasteiger partial charge >= 0.3 is 6.36 Å². The lowest BCUT2D eigenvalue weighted by atomic mass is 9.85. The molecule has 3 unspecified atom stereocenters. The van der Waals surface area contributed by atoms with E-state index in [2.05, 4.69) is 18.6 Å². The fourth-order valence-electron chi connectivity index (χ4n) is 4.68. The van der Waals surface area contributed by atoms with Gasteiger partial charge in [0.2, 0.25) is 5.91 Å². The van der Waals surface area contributed by atoms with Crippen molar-refractivity contribution < 1.29 is 37.3 Å². The average Bonchev–Trinajstić information content (AvgIpc) is 2.76. The zero-order chi connectivity index (χ0) is 25.0. The van der Waals surface area contributed by atoms with Crippen LogP contribution in [0.1, 0.15) is 43.7 Å². The highest BCUT2D eigenvalue weighted by atomic mass is 19.4. The SMILES string of the molecule is COc1cc(O)c(C(CC(=O)N2CC(C)CC(C)C2)c2ccc(OC(F)(F)F)cc2)c(OC)c1. The molecule has 0 radical (unpaired) electrons. The van der Waals surface area contributed by atoms with Gasteiger partial charge in [0.1, 0.15) is 23.0 Å². The lowest BCUT2D eigenvalue weighted by Gasteiger charge is -2.36. The van der Waals surface area contributed by atoms with Gasteiger partial charge in [-0.2, -0.15) is 0 Å². The Kier molecular flexibility index (Phi) is 7.84. The van der Waals surface area contributed by atoms with Gasteiger partial charge in [-0.05, 0) is 36.0 Å². The first-order chi connectivity index (χ1) is 16.0. The minimum Gasteiger partial charge on any atom is -0.507 e. The molecule has 6 nitrogen and oxygen atoms in total. The molecule has 2 aromatic rings. The Morgan fingerprint density at radius 1 is 1.06 bits per heavy atom. The normalized spacial score (nSPS) is 19.4. The van der Waals surface area contributed by atoms with Crippen LogP contribution in [0.15, 0.2) is 36.4 Å². The number of aromatic hydroxyl groups is 1. The number of amides is 1. The summed E-state index contributed by atoms with van der Waals surface area (Å²) in [7, 11) is 2.89. The summed E-state index contributed by atoms with van der Waals surface area (Å²) in [6.07, 6.45) is -3.76. The lowest BCUT2D eigenvalue weighted by molar-refractivity contribution is -0.274. The number of benzene rings is 2. The van der Waals surface area contributed by atoms with Gasteiger partial charge < -0.3 is 24.2 Å². The molecule has 1 fully saturated rings. The van der Waals surface area contributed by atoms with Crippen LogP contribution < -0.4 is 14.2 Å². The van der Waals surface area contributed by atoms with Gasteiger partial charge in [-0.1, -0.05) is 26.0 Å². The number of halogens is 3. The summed E-state index contributed by atoms with van der Waals surface area (Å²) in [4.78, 5) is 15.2. The van der Waals surface area contributed by atoms with E-state index in [-0.39, 0.29) is 23.8 Å². The molecule has 2 aromatic carbocycles. The van der Waals surface area contributed by atoms with Gasteiger partial charge in [0.15, 0.2) is 0 Å². The van der Waals surface area contributed by atoms with E-state index in [9.17, 15) is 23.1 Å². The first kappa shape index (κ1) is 25.5. The van der Waals surface area contributed by atoms with Gasteiger partial charge in [-0.3, -0.25) is 4.79 Å². The van der Waals surface area contributed by atoms with Crippen molar-refractivity contribution in [1.82, 2.24) is 4.90 Å². The van der Waals surface area contributed by atoms with Crippen molar-refractivity contribution in [3.8, 4) is 23.0 Å². The molecule has 34 heavy (non-hydrogen) atoms. The Morgan fingerprint density at radius 2 is 1.68 bits per heavy atom. The van der Waals surface area contributed by atoms with Crippen LogP contribution in [-0.4, -0.2) is 49.6 Å². The van der Waals surface area contributed by atoms with E-state index in [1.54, 1.807) is 6.07 Å². The van der Waals surface area contributed by atoms with Gasteiger partial charge in [0.25, 0.3) is 0 Å². The maximum absolute atomic E-state index is 13.3. The summed E-state index contributed by atoms with van der Waals surface area (Å²) in [5, 5.41) is 10.8. The van der Waals surface area contributed by atoms with Crippen molar-refractivity contribution in [3.05, 3.63) is 47.5 Å². The second-order valence-corrected chi connectivity index (χ2v) is 8.88. The molecule has 9 heteroatoms. The molecular weight excluding hydrogens is 451 g/mol. The monoisotopic (exact) mass is 481 g/mol. The highest BCUT2D eigenvalue weighted by molar-refractivity contribution is 5.78. The van der Waals surface area contributed by atoms with E-state index in [0.717, 1.165) is 6.42 Å². The minimum absolute atomic E-state index is 0.00909. The van der Waals surface area contributed by atoms with Crippen LogP contribution in [0.25, 0.3) is 0 Å². The number of ether oxygens (including phenoxy) is 3. The number of phenolic OH excluding ortho intramolecular Hbond substituents is 1. The molecule has 0 saturated carbocycles. The second kappa shape index (κ2) is 10.4. The number of hydrogen-bond donors (Lipinski definition) is 1. The van der Waals surface area contributed by atoms with Crippen molar-refractivity contribution in [3.63, 3.8) is 0 Å². The number of hydrogen-bond acceptors (Lipinski definition) is 5. The summed E-state index contributed by atoms with van der Waals surface area (Å²) in [6, 6.07) is 8.32. The second-order valence-electron chi connectivity index (χ2n) is 8.88. The van der Waals surface area contributed by atoms with E-state index in [4.69, 9.17) is 9.47 Å². The average molecular weight is 482 g/mol. The smallest absolute Gasteiger partial charge is 0.507 e. The van der Waals surface area contributed by atoms with Crippen LogP contribution in [0, 0.1) is 11.8 Å². The third kappa shape index (κ3) is 6.27. The van der Waals surface area contributed by atoms with Gasteiger partial charge in [-0.15, -0.1) is 13.2 Å². The van der Waals surface area contributed by atoms with Crippen molar-refractivity contribution in [1.29, 1.82) is 0 Å². The van der Waals surface area contributed by atoms with Crippen LogP contribution >= 0.6 is 0 Å². The molecule has 0 bridgehead atoms. The first-order valence-electron chi connectivity index (χ1n) is 11.1. The topological polar surface area (TPSA) is 68.2 Å². The van der Waals surface area contributed by atoms with Crippen molar-refractivity contribution in [2.75, 3.05) is 27.3 Å². The number of carbonyl (C=O) groups excluding carboxylic acids is 1. The van der Waals surface area contributed by atoms with E-state index >= 15 is 0 Å². The number of phenols is 1. The maximum Gasteiger partial charge on any atom is 0.573 e. The summed E-state index contributed by atoms with van der Waals surface area (Å²) < 4.78 is 52.4. The third-order valence-corrected chi connectivity index (χ3v) is 6.01. The molecule has 1 aliphatic heterocycles. The number of nitrogens with zero attached hydrogens (tertiary/aromatic N) is 1. The fourth-order valence-corrected chi connectivity index (χ4v) is 4.68. The molecule has 186 valence electrons. The molecule has 0 spiro atoms. The number of piperidine rings is 1. The minimum atomic E-state index is -4.81. The number of likely N-dealkylation sites (tertiary alicyclic amines) is 1. The van der Waals surface area contributed by atoms with Gasteiger partial charge in [0, 0.05) is 43.1 Å². The Hall–Kier alpha value is -3.10. The summed E-state index contributed by atoms with van der Waals surface area (Å²) in [5.74, 6) is 0.150. The molecule has 1 saturated heterocycles. The summed E-state index contributed by atoms with van der Waals surface area (Å²) >= 11 is 0. The number of rotatable bonds is 7. The predicted octanol–water partition coefficient (Wildman–Crippen LogP) is 5.33. The largest absolute Gasteiger partial charge is 0.573 e. The summed E-state index contributed by atoms with van der Waals surface area (Å²) in [5.41, 5.74) is 0.902. The molecule has 1 heterocycles. The standard InChI is InChI=1S/C25H30F3NO5/c1-15-9-16(2)14-29(13-15)23(31)12-20(17-5-7-18(8-6-17)34-25(26,27)28)24-21(30)10-19(32-3)11-22(24)33-4/h5-8,10-11,15-16,20,30H,9,12-14H2,1-4H3. The lowest BCUT2D eigenvalue weighted by Crippen LogP contribution is -2.43. The quantitative estimate of drug-likeness (QED) is 0.579. The molecule has 3 atom stereocenters. The Bertz CT molecular complexity index is 983. The summed E-state index contributed by atoms with van der Waals surface area (Å²) in [6.45, 7) is 5.48. The zero-order valence-electron chi connectivity index (χ0n) is 19.7. The van der Waals surface area contributed by atoms with Crippen LogP contribution in [-0.2, 0) is 4.79 Å². The number of carbonyl (C=O) groups is 1. The molecule has 1 aliphatic rings. The fraction of sp³-hybridized carbons (Fsp3) is 0.480. The van der Waals surface area contributed by atoms with Gasteiger partial charge in [-0.25, -0.2) is 0 Å². The van der Waals surface area contributed by atoms with Crippen LogP contribution in [0.5, 0.6) is 23.0 Å². The van der Waals surface area contributed by atoms with E-state index in [1.165, 1.54) is 44.6 Å².